The average Bonchev–Trinajstić information content (AvgIpc) is 2.61. The summed E-state index contributed by atoms with van der Waals surface area (Å²) < 4.78 is 0. The number of hydrogen-bond donors (Lipinski definition) is 1. The SMILES string of the molecule is C1CC(CCN2CCCC23CCNCC3)C1. The van der Waals surface area contributed by atoms with Crippen molar-refractivity contribution in [3.8, 4) is 0 Å². The molecule has 0 aromatic heterocycles. The van der Waals surface area contributed by atoms with E-state index in [1.165, 1.54) is 77.5 Å². The molecule has 2 nitrogen and oxygen atoms in total. The maximum absolute atomic E-state index is 3.52. The van der Waals surface area contributed by atoms with Crippen LogP contribution in [0.2, 0.25) is 0 Å². The van der Waals surface area contributed by atoms with Crippen LogP contribution in [-0.4, -0.2) is 36.6 Å². The molecule has 0 unspecified atom stereocenters. The summed E-state index contributed by atoms with van der Waals surface area (Å²) in [4.78, 5) is 2.85. The van der Waals surface area contributed by atoms with Gasteiger partial charge in [-0.3, -0.25) is 4.90 Å². The van der Waals surface area contributed by atoms with Crippen LogP contribution in [0.5, 0.6) is 0 Å². The molecule has 3 fully saturated rings. The second kappa shape index (κ2) is 4.66. The van der Waals surface area contributed by atoms with Crippen molar-refractivity contribution in [1.82, 2.24) is 10.2 Å². The molecule has 0 amide bonds. The minimum atomic E-state index is 0.620. The summed E-state index contributed by atoms with van der Waals surface area (Å²) in [6.45, 7) is 5.28. The molecular weight excluding hydrogens is 196 g/mol. The van der Waals surface area contributed by atoms with Crippen molar-refractivity contribution in [2.45, 2.75) is 56.9 Å². The van der Waals surface area contributed by atoms with Crippen LogP contribution >= 0.6 is 0 Å². The molecule has 1 aliphatic carbocycles. The first-order chi connectivity index (χ1) is 7.89. The highest BCUT2D eigenvalue weighted by Crippen LogP contribution is 2.38. The standard InChI is InChI=1S/C14H26N2/c1-3-13(4-1)5-12-16-11-2-6-14(16)7-9-15-10-8-14/h13,15H,1-12H2. The van der Waals surface area contributed by atoms with Crippen molar-refractivity contribution in [3.63, 3.8) is 0 Å². The molecule has 0 radical (unpaired) electrons. The molecule has 0 bridgehead atoms. The maximum Gasteiger partial charge on any atom is 0.0234 e. The summed E-state index contributed by atoms with van der Waals surface area (Å²) in [6, 6.07) is 0. The lowest BCUT2D eigenvalue weighted by molar-refractivity contribution is 0.0875. The number of hydrogen-bond acceptors (Lipinski definition) is 2. The fourth-order valence-corrected chi connectivity index (χ4v) is 3.92. The Morgan fingerprint density at radius 1 is 1.06 bits per heavy atom. The number of rotatable bonds is 3. The molecule has 2 heterocycles. The van der Waals surface area contributed by atoms with E-state index in [1.54, 1.807) is 0 Å². The number of piperidine rings is 1. The second-order valence-corrected chi connectivity index (χ2v) is 6.15. The zero-order valence-corrected chi connectivity index (χ0v) is 10.5. The summed E-state index contributed by atoms with van der Waals surface area (Å²) in [5, 5.41) is 3.52. The van der Waals surface area contributed by atoms with Crippen molar-refractivity contribution >= 4 is 0 Å². The Hall–Kier alpha value is -0.0800. The Balaban J connectivity index is 1.55. The fraction of sp³-hybridized carbons (Fsp3) is 1.00. The third-order valence-corrected chi connectivity index (χ3v) is 5.31. The van der Waals surface area contributed by atoms with Gasteiger partial charge in [0, 0.05) is 5.54 Å². The molecule has 3 aliphatic rings. The first kappa shape index (κ1) is 11.0. The Morgan fingerprint density at radius 2 is 1.88 bits per heavy atom. The van der Waals surface area contributed by atoms with E-state index in [-0.39, 0.29) is 0 Å². The van der Waals surface area contributed by atoms with Crippen LogP contribution < -0.4 is 5.32 Å². The molecule has 0 aromatic carbocycles. The van der Waals surface area contributed by atoms with E-state index in [0.717, 1.165) is 5.92 Å². The minimum Gasteiger partial charge on any atom is -0.317 e. The lowest BCUT2D eigenvalue weighted by Crippen LogP contribution is -2.51. The third kappa shape index (κ3) is 2.02. The zero-order valence-electron chi connectivity index (χ0n) is 10.5. The van der Waals surface area contributed by atoms with Crippen LogP contribution in [0.15, 0.2) is 0 Å². The normalized spacial score (nSPS) is 30.8. The minimum absolute atomic E-state index is 0.620. The Labute approximate surface area is 99.8 Å². The predicted octanol–water partition coefficient (Wildman–Crippen LogP) is 2.39. The zero-order chi connectivity index (χ0) is 10.8. The Bertz CT molecular complexity index is 229. The molecule has 0 atom stereocenters. The molecule has 92 valence electrons. The highest BCUT2D eigenvalue weighted by molar-refractivity contribution is 4.98. The molecule has 1 N–H and O–H groups in total. The molecule has 2 heteroatoms. The van der Waals surface area contributed by atoms with Crippen LogP contribution in [0.3, 0.4) is 0 Å². The van der Waals surface area contributed by atoms with Crippen molar-refractivity contribution in [3.05, 3.63) is 0 Å². The maximum atomic E-state index is 3.52. The topological polar surface area (TPSA) is 15.3 Å². The number of nitrogens with zero attached hydrogens (tertiary/aromatic N) is 1. The van der Waals surface area contributed by atoms with Gasteiger partial charge in [-0.1, -0.05) is 19.3 Å². The van der Waals surface area contributed by atoms with Crippen LogP contribution in [-0.2, 0) is 0 Å². The van der Waals surface area contributed by atoms with Gasteiger partial charge in [-0.15, -0.1) is 0 Å². The van der Waals surface area contributed by atoms with Crippen molar-refractivity contribution in [2.75, 3.05) is 26.2 Å². The van der Waals surface area contributed by atoms with Gasteiger partial charge in [-0.2, -0.15) is 0 Å². The lowest BCUT2D eigenvalue weighted by Gasteiger charge is -2.43. The van der Waals surface area contributed by atoms with E-state index in [0.29, 0.717) is 5.54 Å². The van der Waals surface area contributed by atoms with Crippen molar-refractivity contribution in [2.24, 2.45) is 5.92 Å². The summed E-state index contributed by atoms with van der Waals surface area (Å²) in [6.07, 6.45) is 11.7. The molecule has 3 rings (SSSR count). The van der Waals surface area contributed by atoms with E-state index in [4.69, 9.17) is 0 Å². The van der Waals surface area contributed by atoms with E-state index in [9.17, 15) is 0 Å². The predicted molar refractivity (Wildman–Crippen MR) is 67.6 cm³/mol. The van der Waals surface area contributed by atoms with E-state index in [1.807, 2.05) is 0 Å². The molecule has 16 heavy (non-hydrogen) atoms. The van der Waals surface area contributed by atoms with Crippen molar-refractivity contribution in [1.29, 1.82) is 0 Å². The quantitative estimate of drug-likeness (QED) is 0.789. The first-order valence-corrected chi connectivity index (χ1v) is 7.35. The first-order valence-electron chi connectivity index (χ1n) is 7.35. The second-order valence-electron chi connectivity index (χ2n) is 6.15. The molecule has 0 aromatic rings. The average molecular weight is 222 g/mol. The van der Waals surface area contributed by atoms with Crippen LogP contribution in [0, 0.1) is 5.92 Å². The third-order valence-electron chi connectivity index (χ3n) is 5.31. The highest BCUT2D eigenvalue weighted by Gasteiger charge is 2.41. The van der Waals surface area contributed by atoms with Gasteiger partial charge in [0.15, 0.2) is 0 Å². The smallest absolute Gasteiger partial charge is 0.0234 e. The Morgan fingerprint density at radius 3 is 2.56 bits per heavy atom. The molecule has 1 spiro atoms. The molecule has 2 saturated heterocycles. The molecule has 2 aliphatic heterocycles. The van der Waals surface area contributed by atoms with E-state index in [2.05, 4.69) is 10.2 Å². The van der Waals surface area contributed by atoms with Gasteiger partial charge < -0.3 is 5.32 Å². The van der Waals surface area contributed by atoms with E-state index >= 15 is 0 Å². The van der Waals surface area contributed by atoms with Gasteiger partial charge >= 0.3 is 0 Å². The van der Waals surface area contributed by atoms with Crippen LogP contribution in [0.4, 0.5) is 0 Å². The van der Waals surface area contributed by atoms with E-state index < -0.39 is 0 Å². The monoisotopic (exact) mass is 222 g/mol. The summed E-state index contributed by atoms with van der Waals surface area (Å²) in [5.74, 6) is 1.08. The molecule has 1 saturated carbocycles. The van der Waals surface area contributed by atoms with Gasteiger partial charge in [0.05, 0.1) is 0 Å². The number of nitrogens with one attached hydrogen (secondary N) is 1. The van der Waals surface area contributed by atoms with Gasteiger partial charge in [0.25, 0.3) is 0 Å². The van der Waals surface area contributed by atoms with Gasteiger partial charge in [-0.25, -0.2) is 0 Å². The van der Waals surface area contributed by atoms with Crippen LogP contribution in [0.25, 0.3) is 0 Å². The highest BCUT2D eigenvalue weighted by atomic mass is 15.2. The lowest BCUT2D eigenvalue weighted by atomic mass is 9.81. The molecular formula is C14H26N2. The van der Waals surface area contributed by atoms with Crippen molar-refractivity contribution < 1.29 is 0 Å². The number of likely N-dealkylation sites (tertiary alicyclic amines) is 1. The van der Waals surface area contributed by atoms with Gasteiger partial charge in [0.2, 0.25) is 0 Å². The van der Waals surface area contributed by atoms with Gasteiger partial charge in [-0.05, 0) is 64.2 Å². The fourth-order valence-electron chi connectivity index (χ4n) is 3.92. The summed E-state index contributed by atoms with van der Waals surface area (Å²) in [5.41, 5.74) is 0.620. The van der Waals surface area contributed by atoms with Gasteiger partial charge in [0.1, 0.15) is 0 Å². The largest absolute Gasteiger partial charge is 0.317 e. The summed E-state index contributed by atoms with van der Waals surface area (Å²) >= 11 is 0. The Kier molecular flexibility index (Phi) is 3.21. The van der Waals surface area contributed by atoms with Crippen LogP contribution in [0.1, 0.15) is 51.4 Å². The summed E-state index contributed by atoms with van der Waals surface area (Å²) in [7, 11) is 0.